The summed E-state index contributed by atoms with van der Waals surface area (Å²) in [6, 6.07) is 14.4. The minimum absolute atomic E-state index is 0.00759. The van der Waals surface area contributed by atoms with Gasteiger partial charge in [0.2, 0.25) is 5.91 Å². The van der Waals surface area contributed by atoms with Crippen LogP contribution in [0.25, 0.3) is 0 Å². The van der Waals surface area contributed by atoms with E-state index in [4.69, 9.17) is 0 Å². The van der Waals surface area contributed by atoms with Crippen molar-refractivity contribution >= 4 is 17.6 Å². The first-order chi connectivity index (χ1) is 15.0. The van der Waals surface area contributed by atoms with Crippen LogP contribution in [0.5, 0.6) is 0 Å². The normalized spacial score (nSPS) is 20.7. The van der Waals surface area contributed by atoms with Crippen molar-refractivity contribution in [1.29, 1.82) is 0 Å². The van der Waals surface area contributed by atoms with Gasteiger partial charge in [-0.15, -0.1) is 0 Å². The third-order valence-electron chi connectivity index (χ3n) is 6.40. The number of halogens is 1. The van der Waals surface area contributed by atoms with Gasteiger partial charge in [-0.2, -0.15) is 0 Å². The summed E-state index contributed by atoms with van der Waals surface area (Å²) in [7, 11) is 0. The van der Waals surface area contributed by atoms with Gasteiger partial charge < -0.3 is 10.0 Å². The summed E-state index contributed by atoms with van der Waals surface area (Å²) < 4.78 is 13.7. The molecule has 0 bridgehead atoms. The monoisotopic (exact) mass is 422 g/mol. The van der Waals surface area contributed by atoms with E-state index in [1.54, 1.807) is 12.1 Å². The second kappa shape index (κ2) is 9.41. The smallest absolute Gasteiger partial charge is 0.303 e. The number of carbonyl (C=O) groups excluding carboxylic acids is 1. The molecular weight excluding hydrogens is 395 g/mol. The molecule has 1 saturated heterocycles. The fraction of sp³-hybridized carbons (Fsp3) is 0.400. The van der Waals surface area contributed by atoms with Crippen molar-refractivity contribution in [2.75, 3.05) is 19.6 Å². The lowest BCUT2D eigenvalue weighted by Gasteiger charge is -2.39. The van der Waals surface area contributed by atoms with Crippen LogP contribution in [0.3, 0.4) is 0 Å². The molecule has 1 N–H and O–H groups in total. The summed E-state index contributed by atoms with van der Waals surface area (Å²) in [5.74, 6) is -0.990. The van der Waals surface area contributed by atoms with Gasteiger partial charge >= 0.3 is 5.97 Å². The molecule has 4 rings (SSSR count). The number of aliphatic imine (C=N–C) groups is 1. The lowest BCUT2D eigenvalue weighted by atomic mass is 9.78. The van der Waals surface area contributed by atoms with Gasteiger partial charge in [0, 0.05) is 31.8 Å². The number of nitrogens with zero attached hydrogens (tertiary/aromatic N) is 2. The first kappa shape index (κ1) is 21.2. The van der Waals surface area contributed by atoms with Crippen LogP contribution in [0.15, 0.2) is 53.5 Å². The molecule has 162 valence electrons. The molecule has 0 aliphatic carbocycles. The number of amides is 1. The number of aliphatic carboxylic acids is 1. The fourth-order valence-electron chi connectivity index (χ4n) is 4.78. The van der Waals surface area contributed by atoms with Gasteiger partial charge in [-0.05, 0) is 66.0 Å². The molecule has 6 heteroatoms. The van der Waals surface area contributed by atoms with Crippen molar-refractivity contribution in [3.05, 3.63) is 71.0 Å². The third kappa shape index (κ3) is 5.19. The van der Waals surface area contributed by atoms with Crippen molar-refractivity contribution in [1.82, 2.24) is 4.90 Å². The molecule has 1 fully saturated rings. The highest BCUT2D eigenvalue weighted by Gasteiger charge is 2.34. The molecule has 2 aromatic carbocycles. The van der Waals surface area contributed by atoms with E-state index in [2.05, 4.69) is 4.99 Å². The van der Waals surface area contributed by atoms with Gasteiger partial charge in [-0.1, -0.05) is 30.3 Å². The minimum Gasteiger partial charge on any atom is -0.481 e. The van der Waals surface area contributed by atoms with E-state index < -0.39 is 5.97 Å². The molecular formula is C25H27FN2O3. The van der Waals surface area contributed by atoms with E-state index in [0.717, 1.165) is 22.4 Å². The van der Waals surface area contributed by atoms with Gasteiger partial charge in [0.25, 0.3) is 0 Å². The molecule has 2 aliphatic heterocycles. The summed E-state index contributed by atoms with van der Waals surface area (Å²) in [5, 5.41) is 9.40. The zero-order chi connectivity index (χ0) is 21.8. The Hall–Kier alpha value is -3.02. The highest BCUT2D eigenvalue weighted by molar-refractivity contribution is 6.02. The van der Waals surface area contributed by atoms with E-state index in [-0.39, 0.29) is 30.0 Å². The minimum atomic E-state index is -0.813. The quantitative estimate of drug-likeness (QED) is 0.771. The highest BCUT2D eigenvalue weighted by Crippen LogP contribution is 2.32. The van der Waals surface area contributed by atoms with Crippen LogP contribution in [0.1, 0.15) is 36.0 Å². The van der Waals surface area contributed by atoms with Crippen molar-refractivity contribution in [2.24, 2.45) is 16.8 Å². The van der Waals surface area contributed by atoms with Gasteiger partial charge in [0.05, 0.1) is 6.42 Å². The number of fused-ring (bicyclic) bond motifs is 1. The van der Waals surface area contributed by atoms with Gasteiger partial charge in [-0.3, -0.25) is 14.6 Å². The van der Waals surface area contributed by atoms with Gasteiger partial charge in [-0.25, -0.2) is 4.39 Å². The van der Waals surface area contributed by atoms with Crippen LogP contribution in [-0.2, 0) is 22.4 Å². The zero-order valence-corrected chi connectivity index (χ0v) is 17.5. The number of hydrogen-bond acceptors (Lipinski definition) is 3. The van der Waals surface area contributed by atoms with Crippen molar-refractivity contribution in [3.8, 4) is 0 Å². The number of hydrogen-bond donors (Lipinski definition) is 1. The Morgan fingerprint density at radius 2 is 1.94 bits per heavy atom. The Morgan fingerprint density at radius 1 is 1.13 bits per heavy atom. The van der Waals surface area contributed by atoms with Gasteiger partial charge in [0.15, 0.2) is 0 Å². The predicted molar refractivity (Wildman–Crippen MR) is 117 cm³/mol. The van der Waals surface area contributed by atoms with E-state index in [1.165, 1.54) is 6.07 Å². The van der Waals surface area contributed by atoms with Crippen molar-refractivity contribution in [3.63, 3.8) is 0 Å². The molecule has 2 heterocycles. The zero-order valence-electron chi connectivity index (χ0n) is 17.5. The molecule has 0 saturated carbocycles. The topological polar surface area (TPSA) is 70.0 Å². The number of carboxylic acid groups (broad SMARTS) is 1. The Labute approximate surface area is 181 Å². The summed E-state index contributed by atoms with van der Waals surface area (Å²) in [5.41, 5.74) is 3.78. The maximum absolute atomic E-state index is 13.7. The maximum atomic E-state index is 13.7. The average Bonchev–Trinajstić information content (AvgIpc) is 2.75. The molecule has 0 radical (unpaired) electrons. The SMILES string of the molecule is O=C(O)C[C@@H]1CCN(C(=O)Cc2ccccc2)C[C@@H]1CC1=NCCc2cc(F)ccc21. The molecule has 0 aromatic heterocycles. The van der Waals surface area contributed by atoms with Crippen molar-refractivity contribution < 1.29 is 19.1 Å². The Bertz CT molecular complexity index is 990. The fourth-order valence-corrected chi connectivity index (χ4v) is 4.78. The third-order valence-corrected chi connectivity index (χ3v) is 6.40. The maximum Gasteiger partial charge on any atom is 0.303 e. The molecule has 2 atom stereocenters. The highest BCUT2D eigenvalue weighted by atomic mass is 19.1. The summed E-state index contributed by atoms with van der Waals surface area (Å²) in [6.45, 7) is 1.71. The lowest BCUT2D eigenvalue weighted by molar-refractivity contribution is -0.139. The second-order valence-electron chi connectivity index (χ2n) is 8.49. The van der Waals surface area contributed by atoms with Crippen LogP contribution in [0.2, 0.25) is 0 Å². The van der Waals surface area contributed by atoms with E-state index in [9.17, 15) is 19.1 Å². The van der Waals surface area contributed by atoms with Crippen LogP contribution in [0, 0.1) is 17.7 Å². The largest absolute Gasteiger partial charge is 0.481 e. The Balaban J connectivity index is 1.50. The first-order valence-corrected chi connectivity index (χ1v) is 10.8. The van der Waals surface area contributed by atoms with E-state index >= 15 is 0 Å². The molecule has 5 nitrogen and oxygen atoms in total. The Morgan fingerprint density at radius 3 is 2.71 bits per heavy atom. The molecule has 0 unspecified atom stereocenters. The van der Waals surface area contributed by atoms with E-state index in [0.29, 0.717) is 45.3 Å². The molecule has 1 amide bonds. The first-order valence-electron chi connectivity index (χ1n) is 10.8. The number of piperidine rings is 1. The van der Waals surface area contributed by atoms with Gasteiger partial charge in [0.1, 0.15) is 5.82 Å². The summed E-state index contributed by atoms with van der Waals surface area (Å²) >= 11 is 0. The van der Waals surface area contributed by atoms with Crippen molar-refractivity contribution in [2.45, 2.75) is 32.1 Å². The molecule has 2 aliphatic rings. The van der Waals surface area contributed by atoms with Crippen LogP contribution in [0.4, 0.5) is 4.39 Å². The molecule has 31 heavy (non-hydrogen) atoms. The van der Waals surface area contributed by atoms with E-state index in [1.807, 2.05) is 35.2 Å². The molecule has 0 spiro atoms. The standard InChI is InChI=1S/C25H27FN2O3/c26-21-6-7-22-19(13-21)8-10-27-23(22)14-20-16-28(11-9-18(20)15-25(30)31)24(29)12-17-4-2-1-3-5-17/h1-7,13,18,20H,8-12,14-16H2,(H,30,31)/t18-,20-/m0/s1. The average molecular weight is 423 g/mol. The number of rotatable bonds is 6. The van der Waals surface area contributed by atoms with Crippen LogP contribution in [-0.4, -0.2) is 47.2 Å². The summed E-state index contributed by atoms with van der Waals surface area (Å²) in [6.07, 6.45) is 2.42. The summed E-state index contributed by atoms with van der Waals surface area (Å²) in [4.78, 5) is 30.9. The molecule has 2 aromatic rings. The number of carboxylic acids is 1. The number of carbonyl (C=O) groups is 2. The van der Waals surface area contributed by atoms with Crippen LogP contribution >= 0.6 is 0 Å². The lowest BCUT2D eigenvalue weighted by Crippen LogP contribution is -2.45. The predicted octanol–water partition coefficient (Wildman–Crippen LogP) is 3.74. The number of benzene rings is 2. The second-order valence-corrected chi connectivity index (χ2v) is 8.49. The number of likely N-dealkylation sites (tertiary alicyclic amines) is 1. The van der Waals surface area contributed by atoms with Crippen LogP contribution < -0.4 is 0 Å². The Kier molecular flexibility index (Phi) is 6.44.